The zero-order valence-electron chi connectivity index (χ0n) is 8.03. The molecule has 0 radical (unpaired) electrons. The van der Waals surface area contributed by atoms with Crippen molar-refractivity contribution in [1.82, 2.24) is 4.40 Å². The van der Waals surface area contributed by atoms with Crippen LogP contribution >= 0.6 is 0 Å². The molecule has 0 aliphatic heterocycles. The summed E-state index contributed by atoms with van der Waals surface area (Å²) in [5.74, 6) is 0. The van der Waals surface area contributed by atoms with E-state index in [4.69, 9.17) is 5.73 Å². The minimum Gasteiger partial charge on any atom is -0.326 e. The summed E-state index contributed by atoms with van der Waals surface area (Å²) in [6, 6.07) is 7.22. The first-order valence-corrected chi connectivity index (χ1v) is 4.53. The van der Waals surface area contributed by atoms with Gasteiger partial charge < -0.3 is 5.73 Å². The molecule has 14 heavy (non-hydrogen) atoms. The van der Waals surface area contributed by atoms with Gasteiger partial charge in [-0.3, -0.25) is 9.20 Å². The number of pyridine rings is 2. The molecule has 0 fully saturated rings. The molecule has 0 atom stereocenters. The lowest BCUT2D eigenvalue weighted by Crippen LogP contribution is -2.14. The second-order valence-electron chi connectivity index (χ2n) is 3.36. The molecule has 0 amide bonds. The highest BCUT2D eigenvalue weighted by atomic mass is 16.1. The molecule has 0 aliphatic rings. The molecule has 0 aliphatic carbocycles. The second kappa shape index (κ2) is 3.27. The molecule has 0 unspecified atom stereocenters. The molecule has 2 aromatic rings. The van der Waals surface area contributed by atoms with Gasteiger partial charge in [0.15, 0.2) is 0 Å². The van der Waals surface area contributed by atoms with Gasteiger partial charge in [0.1, 0.15) is 0 Å². The molecule has 0 saturated carbocycles. The Morgan fingerprint density at radius 1 is 1.36 bits per heavy atom. The fourth-order valence-electron chi connectivity index (χ4n) is 1.56. The lowest BCUT2D eigenvalue weighted by Gasteiger charge is -2.05. The van der Waals surface area contributed by atoms with Gasteiger partial charge in [0.25, 0.3) is 5.56 Å². The molecular formula is C11H12N2O. The van der Waals surface area contributed by atoms with Crippen molar-refractivity contribution in [3.05, 3.63) is 51.9 Å². The van der Waals surface area contributed by atoms with E-state index in [1.54, 1.807) is 22.7 Å². The van der Waals surface area contributed by atoms with E-state index in [-0.39, 0.29) is 5.56 Å². The number of nitrogens with zero attached hydrogens (tertiary/aromatic N) is 1. The first kappa shape index (κ1) is 8.97. The number of aryl methyl sites for hydroxylation is 1. The van der Waals surface area contributed by atoms with Crippen LogP contribution in [0.5, 0.6) is 0 Å². The molecule has 2 aromatic heterocycles. The maximum absolute atomic E-state index is 11.5. The Hall–Kier alpha value is -1.61. The van der Waals surface area contributed by atoms with Gasteiger partial charge in [-0.1, -0.05) is 6.07 Å². The number of fused-ring (bicyclic) bond motifs is 1. The largest absolute Gasteiger partial charge is 0.326 e. The highest BCUT2D eigenvalue weighted by Gasteiger charge is 2.00. The Bertz CT molecular complexity index is 528. The maximum Gasteiger partial charge on any atom is 0.255 e. The number of rotatable bonds is 1. The van der Waals surface area contributed by atoms with Crippen LogP contribution in [0.3, 0.4) is 0 Å². The molecule has 0 saturated heterocycles. The van der Waals surface area contributed by atoms with Crippen molar-refractivity contribution in [1.29, 1.82) is 0 Å². The van der Waals surface area contributed by atoms with Crippen LogP contribution in [-0.4, -0.2) is 4.40 Å². The Morgan fingerprint density at radius 3 is 2.86 bits per heavy atom. The molecule has 2 rings (SSSR count). The van der Waals surface area contributed by atoms with E-state index in [2.05, 4.69) is 0 Å². The molecule has 3 nitrogen and oxygen atoms in total. The van der Waals surface area contributed by atoms with E-state index in [0.717, 1.165) is 16.6 Å². The van der Waals surface area contributed by atoms with Gasteiger partial charge in [0.2, 0.25) is 0 Å². The summed E-state index contributed by atoms with van der Waals surface area (Å²) in [6.07, 6.45) is 1.78. The first-order valence-electron chi connectivity index (χ1n) is 4.53. The van der Waals surface area contributed by atoms with E-state index in [0.29, 0.717) is 6.54 Å². The van der Waals surface area contributed by atoms with Gasteiger partial charge in [0.05, 0.1) is 5.52 Å². The van der Waals surface area contributed by atoms with Crippen LogP contribution in [0.15, 0.2) is 35.3 Å². The summed E-state index contributed by atoms with van der Waals surface area (Å²) >= 11 is 0. The van der Waals surface area contributed by atoms with Crippen LogP contribution in [0.25, 0.3) is 5.52 Å². The van der Waals surface area contributed by atoms with Crippen molar-refractivity contribution < 1.29 is 0 Å². The number of aromatic nitrogens is 1. The fourth-order valence-corrected chi connectivity index (χ4v) is 1.56. The van der Waals surface area contributed by atoms with Gasteiger partial charge in [0, 0.05) is 18.8 Å². The normalized spacial score (nSPS) is 10.7. The van der Waals surface area contributed by atoms with Crippen molar-refractivity contribution in [3.63, 3.8) is 0 Å². The summed E-state index contributed by atoms with van der Waals surface area (Å²) < 4.78 is 1.62. The summed E-state index contributed by atoms with van der Waals surface area (Å²) in [7, 11) is 0. The maximum atomic E-state index is 11.5. The third-order valence-electron chi connectivity index (χ3n) is 2.32. The smallest absolute Gasteiger partial charge is 0.255 e. The Kier molecular flexibility index (Phi) is 2.09. The average molecular weight is 188 g/mol. The van der Waals surface area contributed by atoms with Crippen molar-refractivity contribution >= 4 is 5.52 Å². The van der Waals surface area contributed by atoms with Crippen LogP contribution in [0.1, 0.15) is 11.1 Å². The van der Waals surface area contributed by atoms with Crippen molar-refractivity contribution in [2.24, 2.45) is 5.73 Å². The highest BCUT2D eigenvalue weighted by molar-refractivity contribution is 5.55. The van der Waals surface area contributed by atoms with Crippen LogP contribution in [-0.2, 0) is 6.54 Å². The van der Waals surface area contributed by atoms with E-state index >= 15 is 0 Å². The van der Waals surface area contributed by atoms with Crippen molar-refractivity contribution in [2.45, 2.75) is 13.5 Å². The molecule has 2 N–H and O–H groups in total. The van der Waals surface area contributed by atoms with Crippen molar-refractivity contribution in [3.8, 4) is 0 Å². The van der Waals surface area contributed by atoms with Crippen LogP contribution < -0.4 is 11.3 Å². The van der Waals surface area contributed by atoms with E-state index in [1.807, 2.05) is 19.1 Å². The van der Waals surface area contributed by atoms with E-state index < -0.39 is 0 Å². The highest BCUT2D eigenvalue weighted by Crippen LogP contribution is 2.09. The standard InChI is InChI=1S/C11H12N2O/c1-8-4-5-13-10(6-8)9(7-12)2-3-11(13)14/h2-6H,7,12H2,1H3. The zero-order chi connectivity index (χ0) is 10.1. The monoisotopic (exact) mass is 188 g/mol. The Balaban J connectivity index is 2.92. The SMILES string of the molecule is Cc1ccn2c(=O)ccc(CN)c2c1. The van der Waals surface area contributed by atoms with Gasteiger partial charge >= 0.3 is 0 Å². The average Bonchev–Trinajstić information content (AvgIpc) is 2.18. The molecule has 72 valence electrons. The van der Waals surface area contributed by atoms with E-state index in [1.165, 1.54) is 0 Å². The minimum atomic E-state index is -0.0165. The summed E-state index contributed by atoms with van der Waals surface area (Å²) in [4.78, 5) is 11.5. The third kappa shape index (κ3) is 1.32. The molecular weight excluding hydrogens is 176 g/mol. The van der Waals surface area contributed by atoms with Gasteiger partial charge in [-0.05, 0) is 30.2 Å². The van der Waals surface area contributed by atoms with Crippen LogP contribution in [0.2, 0.25) is 0 Å². The quantitative estimate of drug-likeness (QED) is 0.727. The third-order valence-corrected chi connectivity index (χ3v) is 2.32. The lowest BCUT2D eigenvalue weighted by molar-refractivity contribution is 1.01. The Morgan fingerprint density at radius 2 is 2.14 bits per heavy atom. The van der Waals surface area contributed by atoms with E-state index in [9.17, 15) is 4.79 Å². The number of hydrogen-bond acceptors (Lipinski definition) is 2. The number of hydrogen-bond donors (Lipinski definition) is 1. The minimum absolute atomic E-state index is 0.0165. The molecule has 0 spiro atoms. The molecule has 3 heteroatoms. The molecule has 2 heterocycles. The summed E-state index contributed by atoms with van der Waals surface area (Å²) in [5, 5.41) is 0. The molecule has 0 bridgehead atoms. The van der Waals surface area contributed by atoms with Gasteiger partial charge in [-0.25, -0.2) is 0 Å². The van der Waals surface area contributed by atoms with Gasteiger partial charge in [-0.2, -0.15) is 0 Å². The van der Waals surface area contributed by atoms with Gasteiger partial charge in [-0.15, -0.1) is 0 Å². The van der Waals surface area contributed by atoms with Crippen molar-refractivity contribution in [2.75, 3.05) is 0 Å². The van der Waals surface area contributed by atoms with Crippen LogP contribution in [0, 0.1) is 6.92 Å². The predicted octanol–water partition coefficient (Wildman–Crippen LogP) is 1.07. The fraction of sp³-hybridized carbons (Fsp3) is 0.182. The van der Waals surface area contributed by atoms with Crippen LogP contribution in [0.4, 0.5) is 0 Å². The zero-order valence-corrected chi connectivity index (χ0v) is 8.03. The summed E-state index contributed by atoms with van der Waals surface area (Å²) in [5.41, 5.74) is 8.61. The second-order valence-corrected chi connectivity index (χ2v) is 3.36. The topological polar surface area (TPSA) is 47.5 Å². The number of nitrogens with two attached hydrogens (primary N) is 1. The first-order chi connectivity index (χ1) is 6.72. The Labute approximate surface area is 81.8 Å². The summed E-state index contributed by atoms with van der Waals surface area (Å²) in [6.45, 7) is 2.45. The lowest BCUT2D eigenvalue weighted by atomic mass is 10.1. The predicted molar refractivity (Wildman–Crippen MR) is 56.3 cm³/mol. The molecule has 0 aromatic carbocycles.